The number of carbonyl (C=O) groups excluding carboxylic acids is 2. The Kier molecular flexibility index (Phi) is 6.31. The molecular weight excluding hydrogens is 424 g/mol. The van der Waals surface area contributed by atoms with Crippen LogP contribution in [0.25, 0.3) is 5.65 Å². The zero-order valence-corrected chi connectivity index (χ0v) is 17.6. The molecule has 0 spiro atoms. The van der Waals surface area contributed by atoms with Crippen LogP contribution in [0.5, 0.6) is 5.75 Å². The van der Waals surface area contributed by atoms with Gasteiger partial charge in [-0.1, -0.05) is 12.1 Å². The molecule has 4 aromatic rings. The van der Waals surface area contributed by atoms with Gasteiger partial charge in [0.2, 0.25) is 0 Å². The van der Waals surface area contributed by atoms with Gasteiger partial charge in [-0.3, -0.25) is 9.20 Å². The summed E-state index contributed by atoms with van der Waals surface area (Å²) in [6.07, 6.45) is 1.66. The second-order valence-corrected chi connectivity index (χ2v) is 6.98. The smallest absolute Gasteiger partial charge is 0.337 e. The predicted octanol–water partition coefficient (Wildman–Crippen LogP) is 3.70. The normalized spacial score (nSPS) is 10.5. The number of amides is 2. The highest BCUT2D eigenvalue weighted by Gasteiger charge is 2.08. The topological polar surface area (TPSA) is 111 Å². The fourth-order valence-electron chi connectivity index (χ4n) is 3.10. The number of carbonyl (C=O) groups is 2. The van der Waals surface area contributed by atoms with Crippen molar-refractivity contribution in [1.29, 1.82) is 0 Å². The van der Waals surface area contributed by atoms with Gasteiger partial charge < -0.3 is 20.1 Å². The van der Waals surface area contributed by atoms with Gasteiger partial charge in [0.1, 0.15) is 18.0 Å². The van der Waals surface area contributed by atoms with E-state index in [-0.39, 0.29) is 12.2 Å². The van der Waals surface area contributed by atoms with Crippen molar-refractivity contribution in [2.75, 3.05) is 17.7 Å². The van der Waals surface area contributed by atoms with E-state index < -0.39 is 12.0 Å². The largest absolute Gasteiger partial charge is 0.487 e. The molecule has 2 heterocycles. The fourth-order valence-corrected chi connectivity index (χ4v) is 3.10. The minimum Gasteiger partial charge on any atom is -0.487 e. The second kappa shape index (κ2) is 9.65. The van der Waals surface area contributed by atoms with E-state index in [1.54, 1.807) is 72.9 Å². The van der Waals surface area contributed by atoms with Crippen molar-refractivity contribution < 1.29 is 19.1 Å². The highest BCUT2D eigenvalue weighted by atomic mass is 16.5. The standard InChI is InChI=1S/C24H20N4O5/c1-32-23(30)16-8-10-17(11-9-16)26-24(31)27-18-5-4-6-20(13-18)33-15-19-14-22(29)28-12-3-2-7-21(28)25-19/h2-14H,15H2,1H3,(H2,26,27,31). The van der Waals surface area contributed by atoms with Gasteiger partial charge in [0, 0.05) is 29.7 Å². The zero-order valence-electron chi connectivity index (χ0n) is 17.6. The van der Waals surface area contributed by atoms with Gasteiger partial charge in [-0.2, -0.15) is 0 Å². The van der Waals surface area contributed by atoms with E-state index in [1.165, 1.54) is 17.6 Å². The minimum atomic E-state index is -0.456. The van der Waals surface area contributed by atoms with Crippen LogP contribution in [0.4, 0.5) is 16.2 Å². The van der Waals surface area contributed by atoms with Crippen LogP contribution >= 0.6 is 0 Å². The summed E-state index contributed by atoms with van der Waals surface area (Å²) in [7, 11) is 1.30. The Morgan fingerprint density at radius 3 is 2.52 bits per heavy atom. The maximum Gasteiger partial charge on any atom is 0.337 e. The van der Waals surface area contributed by atoms with Gasteiger partial charge in [-0.25, -0.2) is 14.6 Å². The third-order valence-electron chi connectivity index (χ3n) is 4.67. The lowest BCUT2D eigenvalue weighted by Crippen LogP contribution is -2.19. The molecule has 0 radical (unpaired) electrons. The van der Waals surface area contributed by atoms with Crippen LogP contribution in [0.1, 0.15) is 16.1 Å². The van der Waals surface area contributed by atoms with Gasteiger partial charge in [0.05, 0.1) is 18.4 Å². The van der Waals surface area contributed by atoms with Crippen LogP contribution in [0, 0.1) is 0 Å². The van der Waals surface area contributed by atoms with Crippen molar-refractivity contribution in [2.24, 2.45) is 0 Å². The number of urea groups is 1. The first-order valence-electron chi connectivity index (χ1n) is 9.98. The third-order valence-corrected chi connectivity index (χ3v) is 4.67. The average Bonchev–Trinajstić information content (AvgIpc) is 2.83. The maximum atomic E-state index is 12.3. The second-order valence-electron chi connectivity index (χ2n) is 6.98. The van der Waals surface area contributed by atoms with Crippen LogP contribution in [-0.2, 0) is 11.3 Å². The summed E-state index contributed by atoms with van der Waals surface area (Å²) in [6.45, 7) is 0.100. The van der Waals surface area contributed by atoms with Gasteiger partial charge in [0.25, 0.3) is 5.56 Å². The average molecular weight is 444 g/mol. The summed E-state index contributed by atoms with van der Waals surface area (Å²) in [5.74, 6) is 0.0530. The third kappa shape index (κ3) is 5.34. The number of methoxy groups -OCH3 is 1. The number of fused-ring (bicyclic) bond motifs is 1. The molecule has 0 fully saturated rings. The Morgan fingerprint density at radius 2 is 1.73 bits per heavy atom. The van der Waals surface area contributed by atoms with E-state index in [9.17, 15) is 14.4 Å². The van der Waals surface area contributed by atoms with Crippen LogP contribution < -0.4 is 20.9 Å². The van der Waals surface area contributed by atoms with Crippen molar-refractivity contribution in [3.63, 3.8) is 0 Å². The van der Waals surface area contributed by atoms with Crippen molar-refractivity contribution >= 4 is 29.0 Å². The summed E-state index contributed by atoms with van der Waals surface area (Å²) in [4.78, 5) is 40.4. The van der Waals surface area contributed by atoms with E-state index in [1.807, 2.05) is 0 Å². The van der Waals surface area contributed by atoms with Crippen molar-refractivity contribution in [2.45, 2.75) is 6.61 Å². The van der Waals surface area contributed by atoms with Gasteiger partial charge in [-0.05, 0) is 48.5 Å². The lowest BCUT2D eigenvalue weighted by Gasteiger charge is -2.11. The molecule has 9 heteroatoms. The first-order chi connectivity index (χ1) is 16.0. The number of esters is 1. The zero-order chi connectivity index (χ0) is 23.2. The number of anilines is 2. The predicted molar refractivity (Wildman–Crippen MR) is 123 cm³/mol. The monoisotopic (exact) mass is 444 g/mol. The first kappa shape index (κ1) is 21.6. The quantitative estimate of drug-likeness (QED) is 0.439. The minimum absolute atomic E-state index is 0.100. The number of nitrogens with zero attached hydrogens (tertiary/aromatic N) is 2. The SMILES string of the molecule is COC(=O)c1ccc(NC(=O)Nc2cccc(OCc3cc(=O)n4ccccc4n3)c2)cc1. The molecule has 0 bridgehead atoms. The fraction of sp³-hybridized carbons (Fsp3) is 0.0833. The number of hydrogen-bond acceptors (Lipinski definition) is 6. The molecule has 0 atom stereocenters. The Balaban J connectivity index is 1.37. The van der Waals surface area contributed by atoms with E-state index in [0.29, 0.717) is 34.0 Å². The van der Waals surface area contributed by atoms with Crippen LogP contribution in [0.2, 0.25) is 0 Å². The summed E-state index contributed by atoms with van der Waals surface area (Å²) < 4.78 is 11.9. The molecule has 166 valence electrons. The molecule has 0 saturated heterocycles. The molecule has 33 heavy (non-hydrogen) atoms. The molecular formula is C24H20N4O5. The molecule has 0 aliphatic carbocycles. The number of pyridine rings is 1. The van der Waals surface area contributed by atoms with Crippen molar-refractivity contribution in [3.05, 3.63) is 101 Å². The van der Waals surface area contributed by atoms with E-state index in [4.69, 9.17) is 4.74 Å². The summed E-state index contributed by atoms with van der Waals surface area (Å²) in [5.41, 5.74) is 2.26. The Morgan fingerprint density at radius 1 is 0.939 bits per heavy atom. The van der Waals surface area contributed by atoms with Crippen LogP contribution in [0.15, 0.2) is 83.8 Å². The number of ether oxygens (including phenoxy) is 2. The highest BCUT2D eigenvalue weighted by molar-refractivity contribution is 6.00. The molecule has 4 rings (SSSR count). The number of aromatic nitrogens is 2. The van der Waals surface area contributed by atoms with E-state index >= 15 is 0 Å². The number of rotatable bonds is 6. The van der Waals surface area contributed by atoms with E-state index in [0.717, 1.165) is 0 Å². The van der Waals surface area contributed by atoms with E-state index in [2.05, 4.69) is 20.4 Å². The summed E-state index contributed by atoms with van der Waals surface area (Å²) >= 11 is 0. The number of hydrogen-bond donors (Lipinski definition) is 2. The summed E-state index contributed by atoms with van der Waals surface area (Å²) in [6, 6.07) is 19.5. The molecule has 0 aliphatic rings. The van der Waals surface area contributed by atoms with Crippen LogP contribution in [-0.4, -0.2) is 28.5 Å². The Bertz CT molecular complexity index is 1370. The summed E-state index contributed by atoms with van der Waals surface area (Å²) in [5, 5.41) is 5.41. The maximum absolute atomic E-state index is 12.3. The Hall–Kier alpha value is -4.66. The van der Waals surface area contributed by atoms with Crippen molar-refractivity contribution in [3.8, 4) is 5.75 Å². The first-order valence-corrected chi connectivity index (χ1v) is 9.98. The molecule has 2 N–H and O–H groups in total. The molecule has 2 aromatic carbocycles. The number of benzene rings is 2. The molecule has 2 aromatic heterocycles. The number of nitrogens with one attached hydrogen (secondary N) is 2. The Labute approximate surface area is 188 Å². The lowest BCUT2D eigenvalue weighted by molar-refractivity contribution is 0.0600. The van der Waals surface area contributed by atoms with Gasteiger partial charge >= 0.3 is 12.0 Å². The van der Waals surface area contributed by atoms with Gasteiger partial charge in [-0.15, -0.1) is 0 Å². The molecule has 0 aliphatic heterocycles. The molecule has 0 saturated carbocycles. The lowest BCUT2D eigenvalue weighted by atomic mass is 10.2. The van der Waals surface area contributed by atoms with Gasteiger partial charge in [0.15, 0.2) is 0 Å². The molecule has 2 amide bonds. The molecule has 0 unspecified atom stereocenters. The molecule has 9 nitrogen and oxygen atoms in total. The van der Waals surface area contributed by atoms with Crippen LogP contribution in [0.3, 0.4) is 0 Å². The highest BCUT2D eigenvalue weighted by Crippen LogP contribution is 2.19. The van der Waals surface area contributed by atoms with Crippen molar-refractivity contribution in [1.82, 2.24) is 9.38 Å².